The van der Waals surface area contributed by atoms with E-state index in [0.29, 0.717) is 23.3 Å². The molecule has 6 rings (SSSR count). The summed E-state index contributed by atoms with van der Waals surface area (Å²) in [5.74, 6) is -0.781. The van der Waals surface area contributed by atoms with Crippen LogP contribution in [-0.4, -0.2) is 53.5 Å². The lowest BCUT2D eigenvalue weighted by Crippen LogP contribution is -2.57. The number of amides is 3. The monoisotopic (exact) mass is 571 g/mol. The fourth-order valence-corrected chi connectivity index (χ4v) is 7.73. The molecule has 2 aromatic carbocycles. The Labute approximate surface area is 247 Å². The molecule has 3 heterocycles. The van der Waals surface area contributed by atoms with E-state index >= 15 is 0 Å². The maximum Gasteiger partial charge on any atom is 0.246 e. The number of hydrogen-bond acceptors (Lipinski definition) is 5. The molecule has 1 aliphatic carbocycles. The first-order valence-corrected chi connectivity index (χ1v) is 15.1. The van der Waals surface area contributed by atoms with Crippen LogP contribution in [0.5, 0.6) is 5.75 Å². The first-order valence-electron chi connectivity index (χ1n) is 15.1. The van der Waals surface area contributed by atoms with E-state index in [2.05, 4.69) is 24.5 Å². The van der Waals surface area contributed by atoms with E-state index < -0.39 is 29.6 Å². The van der Waals surface area contributed by atoms with Crippen LogP contribution < -0.4 is 15.4 Å². The third-order valence-electron chi connectivity index (χ3n) is 9.94. The smallest absolute Gasteiger partial charge is 0.246 e. The summed E-state index contributed by atoms with van der Waals surface area (Å²) in [5, 5.41) is 6.35. The van der Waals surface area contributed by atoms with Crippen LogP contribution in [0.4, 0.5) is 5.69 Å². The number of rotatable bonds is 7. The van der Waals surface area contributed by atoms with Gasteiger partial charge in [0.2, 0.25) is 17.7 Å². The van der Waals surface area contributed by atoms with E-state index in [1.165, 1.54) is 0 Å². The number of aryl methyl sites for hydroxylation is 2. The molecule has 222 valence electrons. The molecule has 1 spiro atoms. The molecule has 1 saturated carbocycles. The number of anilines is 1. The van der Waals surface area contributed by atoms with Crippen LogP contribution in [-0.2, 0) is 25.7 Å². The molecule has 0 unspecified atom stereocenters. The predicted molar refractivity (Wildman–Crippen MR) is 160 cm³/mol. The van der Waals surface area contributed by atoms with Gasteiger partial charge in [0.25, 0.3) is 0 Å². The Morgan fingerprint density at radius 2 is 1.83 bits per heavy atom. The van der Waals surface area contributed by atoms with Crippen molar-refractivity contribution < 1.29 is 23.9 Å². The number of fused-ring (bicyclic) bond motifs is 1. The molecule has 2 bridgehead atoms. The first kappa shape index (κ1) is 28.5. The predicted octanol–water partition coefficient (Wildman–Crippen LogP) is 4.54. The molecule has 2 N–H and O–H groups in total. The van der Waals surface area contributed by atoms with Crippen molar-refractivity contribution in [2.24, 2.45) is 23.7 Å². The minimum atomic E-state index is -1.21. The molecule has 2 aromatic rings. The standard InChI is InChI=1S/C34H41N3O5/c1-19-14-20(2)16-24(15-19)35-31(38)28-27-12-13-34(42-27)29(28)33(40)37(18-23-9-7-10-25(17-23)41-5)30(34)32(39)36-26-11-6-8-21(3)22(26)4/h7,9-10,12-17,21-22,26-30H,6,8,11,18H2,1-5H3,(H,35,38)(H,36,39)/t21-,22-,26-,27-,28-,29-,30+,34+/m1/s1. The number of nitrogens with zero attached hydrogens (tertiary/aromatic N) is 1. The van der Waals surface area contributed by atoms with Crippen LogP contribution in [0.1, 0.15) is 49.8 Å². The molecule has 8 atom stereocenters. The second-order valence-electron chi connectivity index (χ2n) is 12.8. The zero-order chi connectivity index (χ0) is 29.8. The van der Waals surface area contributed by atoms with Gasteiger partial charge in [0, 0.05) is 18.3 Å². The number of methoxy groups -OCH3 is 1. The maximum atomic E-state index is 14.4. The van der Waals surface area contributed by atoms with Crippen LogP contribution in [0, 0.1) is 37.5 Å². The normalized spacial score (nSPS) is 33.0. The van der Waals surface area contributed by atoms with Crippen LogP contribution in [0.25, 0.3) is 0 Å². The van der Waals surface area contributed by atoms with Crippen molar-refractivity contribution in [3.05, 3.63) is 71.3 Å². The quantitative estimate of drug-likeness (QED) is 0.476. The minimum absolute atomic E-state index is 0.0247. The van der Waals surface area contributed by atoms with Crippen LogP contribution in [0.2, 0.25) is 0 Å². The largest absolute Gasteiger partial charge is 0.497 e. The fraction of sp³-hybridized carbons (Fsp3) is 0.500. The Hall–Kier alpha value is -3.65. The molecule has 0 aromatic heterocycles. The molecule has 3 fully saturated rings. The number of carbonyl (C=O) groups excluding carboxylic acids is 3. The summed E-state index contributed by atoms with van der Waals surface area (Å²) in [5.41, 5.74) is 2.39. The highest BCUT2D eigenvalue weighted by Gasteiger charge is 2.72. The number of carbonyl (C=O) groups is 3. The van der Waals surface area contributed by atoms with Crippen LogP contribution >= 0.6 is 0 Å². The Morgan fingerprint density at radius 3 is 2.57 bits per heavy atom. The zero-order valence-corrected chi connectivity index (χ0v) is 25.1. The van der Waals surface area contributed by atoms with Crippen LogP contribution in [0.15, 0.2) is 54.6 Å². The third kappa shape index (κ3) is 4.79. The Morgan fingerprint density at radius 1 is 1.07 bits per heavy atom. The zero-order valence-electron chi connectivity index (χ0n) is 25.1. The van der Waals surface area contributed by atoms with Crippen molar-refractivity contribution in [3.8, 4) is 5.75 Å². The van der Waals surface area contributed by atoms with Gasteiger partial charge in [0.1, 0.15) is 17.4 Å². The van der Waals surface area contributed by atoms with E-state index in [1.807, 2.05) is 68.5 Å². The SMILES string of the molecule is COc1cccc(CN2C(=O)[C@H]3[C@H](C(=O)Nc4cc(C)cc(C)c4)[C@H]4C=C[C@@]3(O4)[C@@H]2C(=O)N[C@@H]2CCC[C@@H](C)[C@H]2C)c1. The molecular formula is C34H41N3O5. The minimum Gasteiger partial charge on any atom is -0.497 e. The highest BCUT2D eigenvalue weighted by atomic mass is 16.5. The summed E-state index contributed by atoms with van der Waals surface area (Å²) in [6.45, 7) is 8.59. The van der Waals surface area contributed by atoms with E-state index in [1.54, 1.807) is 12.0 Å². The highest BCUT2D eigenvalue weighted by molar-refractivity contribution is 6.02. The summed E-state index contributed by atoms with van der Waals surface area (Å²) < 4.78 is 12.0. The number of likely N-dealkylation sites (tertiary alicyclic amines) is 1. The molecule has 2 saturated heterocycles. The topological polar surface area (TPSA) is 97.0 Å². The lowest BCUT2D eigenvalue weighted by Gasteiger charge is -2.38. The van der Waals surface area contributed by atoms with Crippen molar-refractivity contribution in [1.82, 2.24) is 10.2 Å². The lowest BCUT2D eigenvalue weighted by atomic mass is 9.73. The second-order valence-corrected chi connectivity index (χ2v) is 12.8. The molecule has 8 heteroatoms. The van der Waals surface area contributed by atoms with Gasteiger partial charge < -0.3 is 25.0 Å². The summed E-state index contributed by atoms with van der Waals surface area (Å²) >= 11 is 0. The lowest BCUT2D eigenvalue weighted by molar-refractivity contribution is -0.142. The van der Waals surface area contributed by atoms with Gasteiger partial charge in [-0.15, -0.1) is 0 Å². The van der Waals surface area contributed by atoms with Gasteiger partial charge in [0.15, 0.2) is 0 Å². The number of benzene rings is 2. The molecular weight excluding hydrogens is 530 g/mol. The van der Waals surface area contributed by atoms with E-state index in [-0.39, 0.29) is 30.3 Å². The van der Waals surface area contributed by atoms with Gasteiger partial charge in [-0.2, -0.15) is 0 Å². The van der Waals surface area contributed by atoms with Crippen LogP contribution in [0.3, 0.4) is 0 Å². The Bertz CT molecular complexity index is 1420. The molecule has 42 heavy (non-hydrogen) atoms. The fourth-order valence-electron chi connectivity index (χ4n) is 7.73. The summed E-state index contributed by atoms with van der Waals surface area (Å²) in [6, 6.07) is 12.5. The number of nitrogens with one attached hydrogen (secondary N) is 2. The van der Waals surface area contributed by atoms with Gasteiger partial charge in [-0.05, 0) is 73.1 Å². The van der Waals surface area contributed by atoms with Crippen molar-refractivity contribution in [3.63, 3.8) is 0 Å². The van der Waals surface area contributed by atoms with E-state index in [0.717, 1.165) is 36.0 Å². The van der Waals surface area contributed by atoms with Gasteiger partial charge in [0.05, 0.1) is 25.0 Å². The summed E-state index contributed by atoms with van der Waals surface area (Å²) in [4.78, 5) is 44.0. The third-order valence-corrected chi connectivity index (χ3v) is 9.94. The van der Waals surface area contributed by atoms with Gasteiger partial charge in [-0.3, -0.25) is 14.4 Å². The maximum absolute atomic E-state index is 14.4. The molecule has 3 amide bonds. The van der Waals surface area contributed by atoms with E-state index in [9.17, 15) is 14.4 Å². The second kappa shape index (κ2) is 10.9. The van der Waals surface area contributed by atoms with Gasteiger partial charge in [-0.1, -0.05) is 57.0 Å². The average molecular weight is 572 g/mol. The molecule has 8 nitrogen and oxygen atoms in total. The average Bonchev–Trinajstić information content (AvgIpc) is 3.58. The van der Waals surface area contributed by atoms with Gasteiger partial charge in [-0.25, -0.2) is 0 Å². The molecule has 3 aliphatic heterocycles. The molecule has 4 aliphatic rings. The summed E-state index contributed by atoms with van der Waals surface area (Å²) in [7, 11) is 1.60. The number of hydrogen-bond donors (Lipinski definition) is 2. The van der Waals surface area contributed by atoms with Crippen molar-refractivity contribution in [1.29, 1.82) is 0 Å². The van der Waals surface area contributed by atoms with Crippen molar-refractivity contribution >= 4 is 23.4 Å². The first-order chi connectivity index (χ1) is 20.1. The molecule has 0 radical (unpaired) electrons. The Balaban J connectivity index is 1.34. The van der Waals surface area contributed by atoms with E-state index in [4.69, 9.17) is 9.47 Å². The Kier molecular flexibility index (Phi) is 7.37. The van der Waals surface area contributed by atoms with Crippen molar-refractivity contribution in [2.45, 2.75) is 77.3 Å². The number of ether oxygens (including phenoxy) is 2. The van der Waals surface area contributed by atoms with Gasteiger partial charge >= 0.3 is 0 Å². The van der Waals surface area contributed by atoms with Crippen molar-refractivity contribution in [2.75, 3.05) is 12.4 Å². The summed E-state index contributed by atoms with van der Waals surface area (Å²) in [6.07, 6.45) is 6.26. The highest BCUT2D eigenvalue weighted by Crippen LogP contribution is 2.55.